The first-order chi connectivity index (χ1) is 9.11. The number of anilines is 1. The van der Waals surface area contributed by atoms with Crippen molar-refractivity contribution >= 4 is 22.4 Å². The van der Waals surface area contributed by atoms with E-state index in [1.807, 2.05) is 13.8 Å². The summed E-state index contributed by atoms with van der Waals surface area (Å²) < 4.78 is 5.04. The number of aryl methyl sites for hydroxylation is 1. The smallest absolute Gasteiger partial charge is 0.358 e. The molecule has 106 valence electrons. The van der Waals surface area contributed by atoms with Crippen LogP contribution in [0.1, 0.15) is 48.5 Å². The number of hydrogen-bond acceptors (Lipinski definition) is 5. The predicted octanol–water partition coefficient (Wildman–Crippen LogP) is 3.25. The first-order valence-corrected chi connectivity index (χ1v) is 7.83. The molecule has 5 heteroatoms. The first-order valence-electron chi connectivity index (χ1n) is 7.01. The second-order valence-electron chi connectivity index (χ2n) is 5.14. The largest absolute Gasteiger partial charge is 0.461 e. The van der Waals surface area contributed by atoms with Gasteiger partial charge >= 0.3 is 5.97 Å². The van der Waals surface area contributed by atoms with Gasteiger partial charge in [0.1, 0.15) is 0 Å². The topological polar surface area (TPSA) is 42.4 Å². The fraction of sp³-hybridized carbons (Fsp3) is 0.714. The second-order valence-corrected chi connectivity index (χ2v) is 6.33. The number of nitrogens with zero attached hydrogens (tertiary/aromatic N) is 2. The number of carbonyl (C=O) groups excluding carboxylic acids is 1. The Morgan fingerprint density at radius 3 is 3.00 bits per heavy atom. The minimum absolute atomic E-state index is 0.300. The van der Waals surface area contributed by atoms with Crippen LogP contribution in [-0.4, -0.2) is 30.6 Å². The van der Waals surface area contributed by atoms with E-state index in [2.05, 4.69) is 16.8 Å². The van der Waals surface area contributed by atoms with Crippen molar-refractivity contribution in [2.45, 2.75) is 40.0 Å². The number of rotatable bonds is 3. The molecule has 0 saturated carbocycles. The van der Waals surface area contributed by atoms with Gasteiger partial charge in [0.2, 0.25) is 0 Å². The molecule has 0 spiro atoms. The molecule has 4 nitrogen and oxygen atoms in total. The number of ether oxygens (including phenoxy) is 1. The third-order valence-electron chi connectivity index (χ3n) is 3.54. The van der Waals surface area contributed by atoms with Crippen LogP contribution >= 0.6 is 11.3 Å². The van der Waals surface area contributed by atoms with Crippen molar-refractivity contribution in [2.75, 3.05) is 24.6 Å². The van der Waals surface area contributed by atoms with Gasteiger partial charge in [-0.25, -0.2) is 9.78 Å². The molecule has 2 rings (SSSR count). The maximum Gasteiger partial charge on any atom is 0.358 e. The highest BCUT2D eigenvalue weighted by molar-refractivity contribution is 7.15. The van der Waals surface area contributed by atoms with Crippen molar-refractivity contribution in [3.8, 4) is 0 Å². The van der Waals surface area contributed by atoms with E-state index in [9.17, 15) is 4.79 Å². The first kappa shape index (κ1) is 14.3. The molecule has 19 heavy (non-hydrogen) atoms. The van der Waals surface area contributed by atoms with E-state index in [0.29, 0.717) is 12.3 Å². The standard InChI is InChI=1S/C14H22N2O2S/c1-4-18-13(17)12-11(3)19-14(15-12)16-8-5-6-10(2)7-9-16/h10H,4-9H2,1-3H3. The molecule has 1 unspecified atom stereocenters. The van der Waals surface area contributed by atoms with Gasteiger partial charge in [0.05, 0.1) is 6.61 Å². The molecule has 0 N–H and O–H groups in total. The highest BCUT2D eigenvalue weighted by Gasteiger charge is 2.21. The van der Waals surface area contributed by atoms with Crippen molar-refractivity contribution in [3.05, 3.63) is 10.6 Å². The third kappa shape index (κ3) is 3.47. The zero-order valence-electron chi connectivity index (χ0n) is 11.9. The summed E-state index contributed by atoms with van der Waals surface area (Å²) in [6.07, 6.45) is 3.69. The molecule has 1 atom stereocenters. The van der Waals surface area contributed by atoms with Crippen LogP contribution in [0.25, 0.3) is 0 Å². The maximum absolute atomic E-state index is 11.8. The van der Waals surface area contributed by atoms with Gasteiger partial charge in [0, 0.05) is 18.0 Å². The van der Waals surface area contributed by atoms with Crippen LogP contribution in [0, 0.1) is 12.8 Å². The average molecular weight is 282 g/mol. The van der Waals surface area contributed by atoms with Crippen LogP contribution in [0.3, 0.4) is 0 Å². The van der Waals surface area contributed by atoms with Crippen molar-refractivity contribution in [2.24, 2.45) is 5.92 Å². The van der Waals surface area contributed by atoms with E-state index in [1.165, 1.54) is 19.3 Å². The Labute approximate surface area is 118 Å². The van der Waals surface area contributed by atoms with Gasteiger partial charge in [-0.2, -0.15) is 0 Å². The third-order valence-corrected chi connectivity index (χ3v) is 4.57. The van der Waals surface area contributed by atoms with E-state index in [0.717, 1.165) is 29.0 Å². The molecule has 1 fully saturated rings. The summed E-state index contributed by atoms with van der Waals surface area (Å²) in [7, 11) is 0. The molecule has 0 radical (unpaired) electrons. The average Bonchev–Trinajstić information content (AvgIpc) is 2.62. The summed E-state index contributed by atoms with van der Waals surface area (Å²) in [6, 6.07) is 0. The molecular formula is C14H22N2O2S. The van der Waals surface area contributed by atoms with Crippen molar-refractivity contribution < 1.29 is 9.53 Å². The molecular weight excluding hydrogens is 260 g/mol. The van der Waals surface area contributed by atoms with Crippen LogP contribution in [0.2, 0.25) is 0 Å². The van der Waals surface area contributed by atoms with Crippen LogP contribution in [0.4, 0.5) is 5.13 Å². The van der Waals surface area contributed by atoms with Crippen LogP contribution < -0.4 is 4.90 Å². The molecule has 0 amide bonds. The van der Waals surface area contributed by atoms with Gasteiger partial charge in [0.15, 0.2) is 10.8 Å². The Balaban J connectivity index is 2.12. The number of esters is 1. The normalized spacial score (nSPS) is 20.2. The minimum atomic E-state index is -0.300. The molecule has 2 heterocycles. The van der Waals surface area contributed by atoms with Crippen LogP contribution in [0.5, 0.6) is 0 Å². The lowest BCUT2D eigenvalue weighted by molar-refractivity contribution is 0.0519. The van der Waals surface area contributed by atoms with Gasteiger partial charge in [-0.3, -0.25) is 0 Å². The quantitative estimate of drug-likeness (QED) is 0.798. The van der Waals surface area contributed by atoms with Gasteiger partial charge < -0.3 is 9.64 Å². The number of carbonyl (C=O) groups is 1. The highest BCUT2D eigenvalue weighted by Crippen LogP contribution is 2.29. The monoisotopic (exact) mass is 282 g/mol. The zero-order chi connectivity index (χ0) is 13.8. The Hall–Kier alpha value is -1.10. The van der Waals surface area contributed by atoms with Crippen molar-refractivity contribution in [1.29, 1.82) is 0 Å². The summed E-state index contributed by atoms with van der Waals surface area (Å²) in [5.41, 5.74) is 0.485. The van der Waals surface area contributed by atoms with Crippen LogP contribution in [0.15, 0.2) is 0 Å². The SMILES string of the molecule is CCOC(=O)c1nc(N2CCCC(C)CC2)sc1C. The summed E-state index contributed by atoms with van der Waals surface area (Å²) in [4.78, 5) is 19.5. The maximum atomic E-state index is 11.8. The highest BCUT2D eigenvalue weighted by atomic mass is 32.1. The fourth-order valence-corrected chi connectivity index (χ4v) is 3.31. The van der Waals surface area contributed by atoms with E-state index < -0.39 is 0 Å². The lowest BCUT2D eigenvalue weighted by atomic mass is 10.0. The Morgan fingerprint density at radius 2 is 2.26 bits per heavy atom. The van der Waals surface area contributed by atoms with E-state index >= 15 is 0 Å². The lowest BCUT2D eigenvalue weighted by Gasteiger charge is -2.18. The molecule has 0 aromatic carbocycles. The van der Waals surface area contributed by atoms with E-state index in [4.69, 9.17) is 4.74 Å². The van der Waals surface area contributed by atoms with E-state index in [1.54, 1.807) is 11.3 Å². The number of thiazole rings is 1. The Bertz CT molecular complexity index is 445. The molecule has 0 bridgehead atoms. The van der Waals surface area contributed by atoms with E-state index in [-0.39, 0.29) is 5.97 Å². The predicted molar refractivity (Wildman–Crippen MR) is 78.0 cm³/mol. The van der Waals surface area contributed by atoms with Gasteiger partial charge in [-0.1, -0.05) is 6.92 Å². The minimum Gasteiger partial charge on any atom is -0.461 e. The molecule has 1 saturated heterocycles. The van der Waals surface area contributed by atoms with Gasteiger partial charge in [-0.05, 0) is 39.0 Å². The number of hydrogen-bond donors (Lipinski definition) is 0. The summed E-state index contributed by atoms with van der Waals surface area (Å²) >= 11 is 1.60. The molecule has 0 aliphatic carbocycles. The van der Waals surface area contributed by atoms with Crippen molar-refractivity contribution in [3.63, 3.8) is 0 Å². The summed E-state index contributed by atoms with van der Waals surface area (Å²) in [5.74, 6) is 0.487. The lowest BCUT2D eigenvalue weighted by Crippen LogP contribution is -2.24. The molecule has 1 aromatic heterocycles. The zero-order valence-corrected chi connectivity index (χ0v) is 12.8. The Kier molecular flexibility index (Phi) is 4.80. The van der Waals surface area contributed by atoms with Crippen LogP contribution in [-0.2, 0) is 4.74 Å². The summed E-state index contributed by atoms with van der Waals surface area (Å²) in [5, 5.41) is 0.967. The molecule has 1 aliphatic rings. The summed E-state index contributed by atoms with van der Waals surface area (Å²) in [6.45, 7) is 8.54. The Morgan fingerprint density at radius 1 is 1.47 bits per heavy atom. The van der Waals surface area contributed by atoms with Crippen molar-refractivity contribution in [1.82, 2.24) is 4.98 Å². The molecule has 1 aromatic rings. The van der Waals surface area contributed by atoms with Gasteiger partial charge in [0.25, 0.3) is 0 Å². The second kappa shape index (κ2) is 6.37. The fourth-order valence-electron chi connectivity index (χ4n) is 2.36. The molecule has 1 aliphatic heterocycles. The number of aromatic nitrogens is 1. The van der Waals surface area contributed by atoms with Gasteiger partial charge in [-0.15, -0.1) is 11.3 Å².